The Kier molecular flexibility index (Phi) is 11.1. The van der Waals surface area contributed by atoms with Crippen LogP contribution in [0.25, 0.3) is 0 Å². The average Bonchev–Trinajstić information content (AvgIpc) is 2.30. The average molecular weight is 275 g/mol. The van der Waals surface area contributed by atoms with Gasteiger partial charge in [0.05, 0.1) is 0 Å². The molecule has 18 heavy (non-hydrogen) atoms. The van der Waals surface area contributed by atoms with Crippen LogP contribution in [-0.2, 0) is 8.85 Å². The zero-order chi connectivity index (χ0) is 13.9. The lowest BCUT2D eigenvalue weighted by molar-refractivity contribution is 0.122. The maximum atomic E-state index is 6.11. The van der Waals surface area contributed by atoms with Gasteiger partial charge in [0.2, 0.25) is 0 Å². The summed E-state index contributed by atoms with van der Waals surface area (Å²) in [4.78, 5) is 0. The fourth-order valence-corrected chi connectivity index (χ4v) is 3.90. The number of hydrogen-bond acceptors (Lipinski definition) is 2. The zero-order valence-corrected chi connectivity index (χ0v) is 14.3. The first-order valence-electron chi connectivity index (χ1n) is 7.83. The Labute approximate surface area is 116 Å². The van der Waals surface area contributed by atoms with Gasteiger partial charge in [0, 0.05) is 12.7 Å². The van der Waals surface area contributed by atoms with Crippen LogP contribution in [0.1, 0.15) is 72.1 Å². The highest BCUT2D eigenvalue weighted by Gasteiger charge is 2.26. The molecule has 0 rings (SSSR count). The lowest BCUT2D eigenvalue weighted by Crippen LogP contribution is -2.38. The third-order valence-electron chi connectivity index (χ3n) is 3.15. The second-order valence-electron chi connectivity index (χ2n) is 5.73. The molecule has 0 amide bonds. The molecule has 0 aromatic rings. The van der Waals surface area contributed by atoms with Gasteiger partial charge in [0.1, 0.15) is 0 Å². The molecule has 0 aliphatic rings. The molecule has 0 radical (unpaired) electrons. The second kappa shape index (κ2) is 11.0. The van der Waals surface area contributed by atoms with Crippen LogP contribution >= 0.6 is 0 Å². The fourth-order valence-electron chi connectivity index (χ4n) is 2.11. The van der Waals surface area contributed by atoms with Crippen molar-refractivity contribution in [1.29, 1.82) is 0 Å². The van der Waals surface area contributed by atoms with E-state index in [2.05, 4.69) is 33.9 Å². The molecule has 0 N–H and O–H groups in total. The molecule has 0 aromatic carbocycles. The molecule has 0 aliphatic carbocycles. The zero-order valence-electron chi connectivity index (χ0n) is 13.3. The summed E-state index contributed by atoms with van der Waals surface area (Å²) in [6.45, 7) is 11.9. The molecule has 0 saturated heterocycles. The summed E-state index contributed by atoms with van der Waals surface area (Å²) in [5.41, 5.74) is 0. The van der Waals surface area contributed by atoms with Crippen molar-refractivity contribution < 1.29 is 8.85 Å². The minimum absolute atomic E-state index is 0.356. The summed E-state index contributed by atoms with van der Waals surface area (Å²) in [5.74, 6) is 0. The van der Waals surface area contributed by atoms with E-state index >= 15 is 0 Å². The Morgan fingerprint density at radius 2 is 1.50 bits per heavy atom. The van der Waals surface area contributed by atoms with Gasteiger partial charge in [-0.15, -0.1) is 0 Å². The molecule has 110 valence electrons. The van der Waals surface area contributed by atoms with Crippen LogP contribution in [0, 0.1) is 0 Å². The maximum absolute atomic E-state index is 6.11. The normalized spacial score (nSPS) is 13.8. The molecule has 0 saturated carbocycles. The van der Waals surface area contributed by atoms with Crippen molar-refractivity contribution >= 4 is 8.56 Å². The van der Waals surface area contributed by atoms with E-state index in [1.165, 1.54) is 51.4 Å². The number of rotatable bonds is 12. The highest BCUT2D eigenvalue weighted by Crippen LogP contribution is 2.15. The molecule has 0 aliphatic heterocycles. The summed E-state index contributed by atoms with van der Waals surface area (Å²) in [6.07, 6.45) is 10.5. The first-order valence-corrected chi connectivity index (χ1v) is 10.6. The van der Waals surface area contributed by atoms with Crippen molar-refractivity contribution in [3.8, 4) is 0 Å². The number of unbranched alkanes of at least 4 members (excludes halogenated alkanes) is 5. The van der Waals surface area contributed by atoms with Crippen molar-refractivity contribution in [1.82, 2.24) is 0 Å². The SMILES string of the molecule is CCCCCCC(C)O[Si](C)(C)OCCCCC. The van der Waals surface area contributed by atoms with Crippen LogP contribution in [0.5, 0.6) is 0 Å². The Morgan fingerprint density at radius 1 is 0.889 bits per heavy atom. The van der Waals surface area contributed by atoms with Gasteiger partial charge < -0.3 is 8.85 Å². The second-order valence-corrected chi connectivity index (χ2v) is 9.06. The monoisotopic (exact) mass is 274 g/mol. The van der Waals surface area contributed by atoms with E-state index in [0.29, 0.717) is 6.10 Å². The van der Waals surface area contributed by atoms with Gasteiger partial charge in [0.25, 0.3) is 0 Å². The highest BCUT2D eigenvalue weighted by molar-refractivity contribution is 6.64. The molecule has 0 bridgehead atoms. The minimum atomic E-state index is -1.88. The van der Waals surface area contributed by atoms with Crippen LogP contribution in [0.2, 0.25) is 13.1 Å². The standard InChI is InChI=1S/C15H34O2Si/c1-6-8-10-11-13-15(3)17-18(4,5)16-14-12-9-7-2/h15H,6-14H2,1-5H3. The van der Waals surface area contributed by atoms with E-state index in [-0.39, 0.29) is 0 Å². The van der Waals surface area contributed by atoms with Crippen LogP contribution in [-0.4, -0.2) is 21.3 Å². The van der Waals surface area contributed by atoms with E-state index in [9.17, 15) is 0 Å². The smallest absolute Gasteiger partial charge is 0.331 e. The van der Waals surface area contributed by atoms with Gasteiger partial charge in [-0.3, -0.25) is 0 Å². The molecule has 2 nitrogen and oxygen atoms in total. The van der Waals surface area contributed by atoms with Gasteiger partial charge in [0.15, 0.2) is 0 Å². The Bertz CT molecular complexity index is 183. The van der Waals surface area contributed by atoms with Crippen molar-refractivity contribution in [2.24, 2.45) is 0 Å². The molecule has 0 aromatic heterocycles. The largest absolute Gasteiger partial charge is 0.395 e. The van der Waals surface area contributed by atoms with Gasteiger partial charge in [-0.2, -0.15) is 0 Å². The predicted molar refractivity (Wildman–Crippen MR) is 82.3 cm³/mol. The van der Waals surface area contributed by atoms with Gasteiger partial charge >= 0.3 is 8.56 Å². The van der Waals surface area contributed by atoms with Crippen LogP contribution in [0.3, 0.4) is 0 Å². The van der Waals surface area contributed by atoms with Crippen molar-refractivity contribution in [3.05, 3.63) is 0 Å². The maximum Gasteiger partial charge on any atom is 0.331 e. The molecular formula is C15H34O2Si. The summed E-state index contributed by atoms with van der Waals surface area (Å²) in [6, 6.07) is 0. The lowest BCUT2D eigenvalue weighted by Gasteiger charge is -2.27. The van der Waals surface area contributed by atoms with E-state index < -0.39 is 8.56 Å². The molecule has 1 atom stereocenters. The Hall–Kier alpha value is 0.137. The van der Waals surface area contributed by atoms with Gasteiger partial charge in [-0.05, 0) is 32.9 Å². The van der Waals surface area contributed by atoms with Crippen molar-refractivity contribution in [2.45, 2.75) is 91.3 Å². The lowest BCUT2D eigenvalue weighted by atomic mass is 10.1. The molecular weight excluding hydrogens is 240 g/mol. The van der Waals surface area contributed by atoms with Crippen LogP contribution in [0.4, 0.5) is 0 Å². The molecule has 1 unspecified atom stereocenters. The van der Waals surface area contributed by atoms with E-state index in [1.54, 1.807) is 0 Å². The third-order valence-corrected chi connectivity index (χ3v) is 5.02. The van der Waals surface area contributed by atoms with E-state index in [1.807, 2.05) is 0 Å². The van der Waals surface area contributed by atoms with Crippen molar-refractivity contribution in [2.75, 3.05) is 6.61 Å². The summed E-state index contributed by atoms with van der Waals surface area (Å²) >= 11 is 0. The summed E-state index contributed by atoms with van der Waals surface area (Å²) < 4.78 is 12.1. The third kappa shape index (κ3) is 11.2. The fraction of sp³-hybridized carbons (Fsp3) is 1.00. The van der Waals surface area contributed by atoms with E-state index in [0.717, 1.165) is 6.61 Å². The van der Waals surface area contributed by atoms with Gasteiger partial charge in [-0.25, -0.2) is 0 Å². The Balaban J connectivity index is 3.64. The van der Waals surface area contributed by atoms with Crippen LogP contribution < -0.4 is 0 Å². The molecule has 0 heterocycles. The predicted octanol–water partition coefficient (Wildman–Crippen LogP) is 5.27. The summed E-state index contributed by atoms with van der Waals surface area (Å²) in [5, 5.41) is 0. The topological polar surface area (TPSA) is 18.5 Å². The quantitative estimate of drug-likeness (QED) is 0.356. The minimum Gasteiger partial charge on any atom is -0.395 e. The first-order chi connectivity index (χ1) is 8.52. The number of hydrogen-bond donors (Lipinski definition) is 0. The molecule has 0 spiro atoms. The summed E-state index contributed by atoms with van der Waals surface area (Å²) in [7, 11) is -1.88. The van der Waals surface area contributed by atoms with Crippen molar-refractivity contribution in [3.63, 3.8) is 0 Å². The van der Waals surface area contributed by atoms with E-state index in [4.69, 9.17) is 8.85 Å². The Morgan fingerprint density at radius 3 is 2.11 bits per heavy atom. The van der Waals surface area contributed by atoms with Crippen LogP contribution in [0.15, 0.2) is 0 Å². The molecule has 0 fully saturated rings. The van der Waals surface area contributed by atoms with Gasteiger partial charge in [-0.1, -0.05) is 52.4 Å². The highest BCUT2D eigenvalue weighted by atomic mass is 28.4. The first kappa shape index (κ1) is 18.1. The molecule has 3 heteroatoms.